The maximum atomic E-state index is 10.4. The summed E-state index contributed by atoms with van der Waals surface area (Å²) in [4.78, 5) is 1.25. The molecular formula is C11H18N2OS. The van der Waals surface area contributed by atoms with E-state index < -0.39 is 5.60 Å². The Kier molecular flexibility index (Phi) is 3.11. The molecule has 4 heteroatoms. The minimum absolute atomic E-state index is 0.246. The number of rotatable bonds is 2. The van der Waals surface area contributed by atoms with Crippen molar-refractivity contribution in [3.8, 4) is 0 Å². The molecule has 1 saturated heterocycles. The van der Waals surface area contributed by atoms with Crippen LogP contribution in [0.5, 0.6) is 0 Å². The van der Waals surface area contributed by atoms with E-state index in [2.05, 4.69) is 23.7 Å². The van der Waals surface area contributed by atoms with Crippen LogP contribution in [-0.4, -0.2) is 23.8 Å². The van der Waals surface area contributed by atoms with E-state index in [1.165, 1.54) is 4.88 Å². The zero-order valence-corrected chi connectivity index (χ0v) is 9.81. The summed E-state index contributed by atoms with van der Waals surface area (Å²) >= 11 is 1.69. The molecule has 1 aliphatic heterocycles. The van der Waals surface area contributed by atoms with Crippen molar-refractivity contribution in [1.82, 2.24) is 5.32 Å². The van der Waals surface area contributed by atoms with E-state index in [1.807, 2.05) is 0 Å². The molecule has 0 spiro atoms. The first-order valence-corrected chi connectivity index (χ1v) is 6.23. The number of hydrogen-bond acceptors (Lipinski definition) is 4. The quantitative estimate of drug-likeness (QED) is 0.709. The highest BCUT2D eigenvalue weighted by atomic mass is 32.1. The van der Waals surface area contributed by atoms with Gasteiger partial charge in [0.15, 0.2) is 0 Å². The summed E-state index contributed by atoms with van der Waals surface area (Å²) < 4.78 is 0. The zero-order valence-electron chi connectivity index (χ0n) is 8.99. The third-order valence-corrected chi connectivity index (χ3v) is 4.04. The Morgan fingerprint density at radius 2 is 2.20 bits per heavy atom. The Morgan fingerprint density at radius 1 is 1.53 bits per heavy atom. The molecule has 1 atom stereocenters. The fourth-order valence-electron chi connectivity index (χ4n) is 2.11. The van der Waals surface area contributed by atoms with Crippen LogP contribution in [0.4, 0.5) is 0 Å². The standard InChI is InChI=1S/C11H18N2OS/c1-8-6-9(7-15-8)10(12)11(14)2-4-13-5-3-11/h6-7,10,13-14H,2-5,12H2,1H3. The van der Waals surface area contributed by atoms with Crippen molar-refractivity contribution in [2.24, 2.45) is 5.73 Å². The topological polar surface area (TPSA) is 58.3 Å². The first-order valence-electron chi connectivity index (χ1n) is 5.35. The van der Waals surface area contributed by atoms with Crippen molar-refractivity contribution < 1.29 is 5.11 Å². The lowest BCUT2D eigenvalue weighted by Gasteiger charge is -2.37. The molecule has 1 unspecified atom stereocenters. The lowest BCUT2D eigenvalue weighted by atomic mass is 9.83. The number of nitrogens with one attached hydrogen (secondary N) is 1. The van der Waals surface area contributed by atoms with E-state index in [-0.39, 0.29) is 6.04 Å². The van der Waals surface area contributed by atoms with Crippen LogP contribution in [0.25, 0.3) is 0 Å². The maximum Gasteiger partial charge on any atom is 0.0863 e. The van der Waals surface area contributed by atoms with E-state index in [1.54, 1.807) is 11.3 Å². The molecule has 2 rings (SSSR count). The van der Waals surface area contributed by atoms with Gasteiger partial charge in [-0.05, 0) is 49.9 Å². The molecule has 0 radical (unpaired) electrons. The average Bonchev–Trinajstić information content (AvgIpc) is 2.65. The zero-order chi connectivity index (χ0) is 10.9. The Labute approximate surface area is 94.3 Å². The van der Waals surface area contributed by atoms with Crippen LogP contribution in [0.15, 0.2) is 11.4 Å². The summed E-state index contributed by atoms with van der Waals surface area (Å²) in [5.41, 5.74) is 6.49. The Bertz CT molecular complexity index is 331. The molecule has 2 heterocycles. The Balaban J connectivity index is 2.15. The number of piperidine rings is 1. The summed E-state index contributed by atoms with van der Waals surface area (Å²) in [7, 11) is 0. The van der Waals surface area contributed by atoms with E-state index in [4.69, 9.17) is 5.73 Å². The molecule has 0 bridgehead atoms. The van der Waals surface area contributed by atoms with Crippen LogP contribution in [0.3, 0.4) is 0 Å². The van der Waals surface area contributed by atoms with Crippen molar-refractivity contribution in [3.63, 3.8) is 0 Å². The molecule has 84 valence electrons. The van der Waals surface area contributed by atoms with Gasteiger partial charge in [0.05, 0.1) is 11.6 Å². The van der Waals surface area contributed by atoms with Gasteiger partial charge in [0.25, 0.3) is 0 Å². The van der Waals surface area contributed by atoms with Gasteiger partial charge in [0, 0.05) is 4.88 Å². The largest absolute Gasteiger partial charge is 0.388 e. The van der Waals surface area contributed by atoms with Crippen LogP contribution >= 0.6 is 11.3 Å². The molecule has 3 nitrogen and oxygen atoms in total. The van der Waals surface area contributed by atoms with Gasteiger partial charge >= 0.3 is 0 Å². The highest BCUT2D eigenvalue weighted by Crippen LogP contribution is 2.33. The van der Waals surface area contributed by atoms with Gasteiger partial charge in [-0.15, -0.1) is 11.3 Å². The predicted molar refractivity (Wildman–Crippen MR) is 63.0 cm³/mol. The fourth-order valence-corrected chi connectivity index (χ4v) is 2.85. The van der Waals surface area contributed by atoms with Gasteiger partial charge in [-0.2, -0.15) is 0 Å². The lowest BCUT2D eigenvalue weighted by Crippen LogP contribution is -2.48. The summed E-state index contributed by atoms with van der Waals surface area (Å²) in [6.45, 7) is 3.77. The van der Waals surface area contributed by atoms with Crippen LogP contribution in [0.1, 0.15) is 29.3 Å². The molecule has 1 aliphatic rings. The third-order valence-electron chi connectivity index (χ3n) is 3.16. The van der Waals surface area contributed by atoms with Gasteiger partial charge in [0.2, 0.25) is 0 Å². The molecular weight excluding hydrogens is 208 g/mol. The molecule has 15 heavy (non-hydrogen) atoms. The second kappa shape index (κ2) is 4.22. The van der Waals surface area contributed by atoms with E-state index in [9.17, 15) is 5.11 Å². The number of aryl methyl sites for hydroxylation is 1. The maximum absolute atomic E-state index is 10.4. The van der Waals surface area contributed by atoms with Gasteiger partial charge < -0.3 is 16.2 Å². The van der Waals surface area contributed by atoms with Crippen LogP contribution < -0.4 is 11.1 Å². The normalized spacial score (nSPS) is 22.6. The number of aliphatic hydroxyl groups is 1. The van der Waals surface area contributed by atoms with E-state index >= 15 is 0 Å². The smallest absolute Gasteiger partial charge is 0.0863 e. The van der Waals surface area contributed by atoms with Crippen molar-refractivity contribution in [1.29, 1.82) is 0 Å². The molecule has 1 aromatic heterocycles. The first-order chi connectivity index (χ1) is 7.12. The van der Waals surface area contributed by atoms with Gasteiger partial charge in [-0.3, -0.25) is 0 Å². The molecule has 0 saturated carbocycles. The van der Waals surface area contributed by atoms with Crippen molar-refractivity contribution in [2.45, 2.75) is 31.4 Å². The average molecular weight is 226 g/mol. The van der Waals surface area contributed by atoms with Crippen molar-refractivity contribution in [2.75, 3.05) is 13.1 Å². The Morgan fingerprint density at radius 3 is 2.73 bits per heavy atom. The minimum Gasteiger partial charge on any atom is -0.388 e. The molecule has 1 fully saturated rings. The second-order valence-corrected chi connectivity index (χ2v) is 5.44. The molecule has 1 aromatic rings. The van der Waals surface area contributed by atoms with Gasteiger partial charge in [-0.1, -0.05) is 0 Å². The summed E-state index contributed by atoms with van der Waals surface area (Å²) in [6.07, 6.45) is 1.48. The number of hydrogen-bond donors (Lipinski definition) is 3. The molecule has 4 N–H and O–H groups in total. The molecule has 0 aliphatic carbocycles. The highest BCUT2D eigenvalue weighted by Gasteiger charge is 2.36. The first kappa shape index (κ1) is 11.1. The fraction of sp³-hybridized carbons (Fsp3) is 0.636. The number of nitrogens with two attached hydrogens (primary N) is 1. The lowest BCUT2D eigenvalue weighted by molar-refractivity contribution is -0.0142. The number of thiophene rings is 1. The predicted octanol–water partition coefficient (Wildman–Crippen LogP) is 1.17. The molecule has 0 aromatic carbocycles. The van der Waals surface area contributed by atoms with Gasteiger partial charge in [0.1, 0.15) is 0 Å². The minimum atomic E-state index is -0.723. The summed E-state index contributed by atoms with van der Waals surface area (Å²) in [6, 6.07) is 1.83. The third kappa shape index (κ3) is 2.23. The SMILES string of the molecule is Cc1cc(C(N)C2(O)CCNCC2)cs1. The highest BCUT2D eigenvalue weighted by molar-refractivity contribution is 7.10. The van der Waals surface area contributed by atoms with Crippen LogP contribution in [-0.2, 0) is 0 Å². The van der Waals surface area contributed by atoms with Crippen LogP contribution in [0, 0.1) is 6.92 Å². The molecule has 0 amide bonds. The van der Waals surface area contributed by atoms with Crippen LogP contribution in [0.2, 0.25) is 0 Å². The van der Waals surface area contributed by atoms with Crippen molar-refractivity contribution in [3.05, 3.63) is 21.9 Å². The second-order valence-electron chi connectivity index (χ2n) is 4.32. The van der Waals surface area contributed by atoms with E-state index in [0.29, 0.717) is 0 Å². The summed E-state index contributed by atoms with van der Waals surface area (Å²) in [5.74, 6) is 0. The van der Waals surface area contributed by atoms with E-state index in [0.717, 1.165) is 31.5 Å². The Hall–Kier alpha value is -0.420. The van der Waals surface area contributed by atoms with Gasteiger partial charge in [-0.25, -0.2) is 0 Å². The van der Waals surface area contributed by atoms with Crippen molar-refractivity contribution >= 4 is 11.3 Å². The monoisotopic (exact) mass is 226 g/mol. The summed E-state index contributed by atoms with van der Waals surface area (Å²) in [5, 5.41) is 15.7.